The quantitative estimate of drug-likeness (QED) is 0.288. The lowest BCUT2D eigenvalue weighted by Crippen LogP contribution is -2.33. The molecule has 0 saturated carbocycles. The van der Waals surface area contributed by atoms with Crippen LogP contribution in [0, 0.1) is 0 Å². The maximum absolute atomic E-state index is 10.9. The second-order valence-corrected chi connectivity index (χ2v) is 5.52. The minimum atomic E-state index is -1.28. The Morgan fingerprint density at radius 1 is 1.33 bits per heavy atom. The van der Waals surface area contributed by atoms with Gasteiger partial charge in [0.25, 0.3) is 0 Å². The van der Waals surface area contributed by atoms with Gasteiger partial charge in [0.2, 0.25) is 5.88 Å². The Bertz CT molecular complexity index is 605. The molecule has 0 spiro atoms. The van der Waals surface area contributed by atoms with Gasteiger partial charge in [-0.05, 0) is 36.1 Å². The summed E-state index contributed by atoms with van der Waals surface area (Å²) in [7, 11) is 0. The molecule has 6 nitrogen and oxygen atoms in total. The van der Waals surface area contributed by atoms with Gasteiger partial charge in [0.05, 0.1) is 10.0 Å². The standard InChI is InChI=1S/C13H15Cl2N3O3/c14-9-4-6-1-2-8(3-7(6)5-10(9)15)21-12(16)11(18-17)13(19)20/h4-5,8,18H,1-3,16-17H2,(H,19,20)/b12-11+. The first-order valence-electron chi connectivity index (χ1n) is 6.25. The topological polar surface area (TPSA) is 111 Å². The first-order chi connectivity index (χ1) is 9.92. The number of hydrogen-bond acceptors (Lipinski definition) is 5. The highest BCUT2D eigenvalue weighted by Gasteiger charge is 2.23. The molecule has 0 bridgehead atoms. The molecule has 0 heterocycles. The lowest BCUT2D eigenvalue weighted by atomic mass is 9.90. The number of aryl methyl sites for hydroxylation is 1. The lowest BCUT2D eigenvalue weighted by molar-refractivity contribution is -0.133. The third-order valence-electron chi connectivity index (χ3n) is 3.32. The van der Waals surface area contributed by atoms with Gasteiger partial charge in [0.1, 0.15) is 6.10 Å². The Labute approximate surface area is 131 Å². The van der Waals surface area contributed by atoms with Crippen LogP contribution in [0.4, 0.5) is 0 Å². The molecule has 1 unspecified atom stereocenters. The van der Waals surface area contributed by atoms with E-state index in [-0.39, 0.29) is 17.7 Å². The van der Waals surface area contributed by atoms with Gasteiger partial charge in [-0.3, -0.25) is 5.84 Å². The Morgan fingerprint density at radius 2 is 1.95 bits per heavy atom. The van der Waals surface area contributed by atoms with E-state index in [4.69, 9.17) is 44.6 Å². The monoisotopic (exact) mass is 331 g/mol. The van der Waals surface area contributed by atoms with Crippen LogP contribution in [0.15, 0.2) is 23.7 Å². The zero-order valence-corrected chi connectivity index (χ0v) is 12.5. The summed E-state index contributed by atoms with van der Waals surface area (Å²) in [6.07, 6.45) is 1.79. The number of nitrogens with one attached hydrogen (secondary N) is 1. The van der Waals surface area contributed by atoms with Crippen molar-refractivity contribution in [3.05, 3.63) is 44.9 Å². The van der Waals surface area contributed by atoms with Crippen LogP contribution in [-0.4, -0.2) is 17.2 Å². The highest BCUT2D eigenvalue weighted by atomic mass is 35.5. The summed E-state index contributed by atoms with van der Waals surface area (Å²) in [4.78, 5) is 10.9. The molecule has 0 radical (unpaired) electrons. The van der Waals surface area contributed by atoms with Gasteiger partial charge < -0.3 is 21.0 Å². The summed E-state index contributed by atoms with van der Waals surface area (Å²) in [6.45, 7) is 0. The van der Waals surface area contributed by atoms with Gasteiger partial charge in [0.15, 0.2) is 5.70 Å². The van der Waals surface area contributed by atoms with E-state index in [0.717, 1.165) is 17.5 Å². The van der Waals surface area contributed by atoms with Crippen LogP contribution in [0.1, 0.15) is 17.5 Å². The van der Waals surface area contributed by atoms with Crippen molar-refractivity contribution in [2.45, 2.75) is 25.4 Å². The third-order valence-corrected chi connectivity index (χ3v) is 4.05. The maximum Gasteiger partial charge on any atom is 0.358 e. The Balaban J connectivity index is 2.15. The van der Waals surface area contributed by atoms with Crippen LogP contribution < -0.4 is 17.0 Å². The number of rotatable bonds is 4. The van der Waals surface area contributed by atoms with Gasteiger partial charge in [0, 0.05) is 6.42 Å². The number of hydrazine groups is 1. The predicted octanol–water partition coefficient (Wildman–Crippen LogP) is 1.54. The van der Waals surface area contributed by atoms with E-state index in [1.807, 2.05) is 11.5 Å². The van der Waals surface area contributed by atoms with Gasteiger partial charge >= 0.3 is 5.97 Å². The molecule has 0 fully saturated rings. The molecule has 0 amide bonds. The number of ether oxygens (including phenoxy) is 1. The van der Waals surface area contributed by atoms with Crippen molar-refractivity contribution in [1.29, 1.82) is 0 Å². The molecule has 1 atom stereocenters. The Kier molecular flexibility index (Phi) is 4.82. The number of nitrogens with two attached hydrogens (primary N) is 2. The number of fused-ring (bicyclic) bond motifs is 1. The second-order valence-electron chi connectivity index (χ2n) is 4.71. The van der Waals surface area contributed by atoms with Crippen molar-refractivity contribution < 1.29 is 14.6 Å². The van der Waals surface area contributed by atoms with E-state index >= 15 is 0 Å². The van der Waals surface area contributed by atoms with Crippen molar-refractivity contribution in [1.82, 2.24) is 5.43 Å². The molecule has 1 aliphatic carbocycles. The zero-order valence-electron chi connectivity index (χ0n) is 11.0. The van der Waals surface area contributed by atoms with Crippen molar-refractivity contribution in [2.24, 2.45) is 11.6 Å². The Hall–Kier alpha value is -1.63. The molecule has 8 heteroatoms. The number of carbonyl (C=O) groups is 1. The predicted molar refractivity (Wildman–Crippen MR) is 79.5 cm³/mol. The minimum absolute atomic E-state index is 0.237. The third kappa shape index (κ3) is 3.53. The van der Waals surface area contributed by atoms with Crippen molar-refractivity contribution in [3.63, 3.8) is 0 Å². The van der Waals surface area contributed by atoms with Crippen LogP contribution in [0.3, 0.4) is 0 Å². The van der Waals surface area contributed by atoms with Crippen LogP contribution in [0.25, 0.3) is 0 Å². The van der Waals surface area contributed by atoms with Crippen LogP contribution in [0.2, 0.25) is 10.0 Å². The average Bonchev–Trinajstić information content (AvgIpc) is 2.40. The lowest BCUT2D eigenvalue weighted by Gasteiger charge is -2.26. The zero-order chi connectivity index (χ0) is 15.6. The van der Waals surface area contributed by atoms with E-state index in [2.05, 4.69) is 0 Å². The molecular weight excluding hydrogens is 317 g/mol. The van der Waals surface area contributed by atoms with Crippen LogP contribution in [0.5, 0.6) is 0 Å². The number of carboxylic acid groups (broad SMARTS) is 1. The fourth-order valence-electron chi connectivity index (χ4n) is 2.29. The molecule has 21 heavy (non-hydrogen) atoms. The summed E-state index contributed by atoms with van der Waals surface area (Å²) in [5.41, 5.74) is 9.41. The molecule has 1 aliphatic rings. The molecule has 6 N–H and O–H groups in total. The molecule has 114 valence electrons. The Morgan fingerprint density at radius 3 is 2.52 bits per heavy atom. The fourth-order valence-corrected chi connectivity index (χ4v) is 2.67. The largest absolute Gasteiger partial charge is 0.476 e. The summed E-state index contributed by atoms with van der Waals surface area (Å²) in [5, 5.41) is 9.91. The number of benzene rings is 1. The van der Waals surface area contributed by atoms with Gasteiger partial charge in [-0.15, -0.1) is 0 Å². The SMILES string of the molecule is NN/C(C(=O)O)=C(\N)OC1CCc2cc(Cl)c(Cl)cc2C1. The normalized spacial score (nSPS) is 18.5. The number of halogens is 2. The first-order valence-corrected chi connectivity index (χ1v) is 7.01. The van der Waals surface area contributed by atoms with Gasteiger partial charge in [-0.25, -0.2) is 4.79 Å². The highest BCUT2D eigenvalue weighted by molar-refractivity contribution is 6.42. The van der Waals surface area contributed by atoms with Gasteiger partial charge in [-0.2, -0.15) is 0 Å². The minimum Gasteiger partial charge on any atom is -0.476 e. The number of carboxylic acids is 1. The molecule has 0 aliphatic heterocycles. The summed E-state index contributed by atoms with van der Waals surface area (Å²) in [6, 6.07) is 3.65. The van der Waals surface area contributed by atoms with E-state index in [1.54, 1.807) is 6.07 Å². The molecule has 1 aromatic rings. The molecule has 0 saturated heterocycles. The fraction of sp³-hybridized carbons (Fsp3) is 0.308. The molecule has 2 rings (SSSR count). The number of aliphatic carboxylic acids is 1. The van der Waals surface area contributed by atoms with Crippen molar-refractivity contribution in [2.75, 3.05) is 0 Å². The van der Waals surface area contributed by atoms with Crippen molar-refractivity contribution >= 4 is 29.2 Å². The molecule has 0 aromatic heterocycles. The van der Waals surface area contributed by atoms with E-state index in [1.165, 1.54) is 0 Å². The van der Waals surface area contributed by atoms with Crippen LogP contribution in [-0.2, 0) is 22.4 Å². The molecular formula is C13H15Cl2N3O3. The second kappa shape index (κ2) is 6.43. The smallest absolute Gasteiger partial charge is 0.358 e. The maximum atomic E-state index is 10.9. The first kappa shape index (κ1) is 15.8. The highest BCUT2D eigenvalue weighted by Crippen LogP contribution is 2.31. The summed E-state index contributed by atoms with van der Waals surface area (Å²) in [5.74, 6) is 3.60. The van der Waals surface area contributed by atoms with E-state index < -0.39 is 5.97 Å². The van der Waals surface area contributed by atoms with Crippen LogP contribution >= 0.6 is 23.2 Å². The average molecular weight is 332 g/mol. The van der Waals surface area contributed by atoms with Gasteiger partial charge in [-0.1, -0.05) is 23.2 Å². The van der Waals surface area contributed by atoms with Crippen molar-refractivity contribution in [3.8, 4) is 0 Å². The van der Waals surface area contributed by atoms with E-state index in [9.17, 15) is 4.79 Å². The van der Waals surface area contributed by atoms with E-state index in [0.29, 0.717) is 22.9 Å². The summed E-state index contributed by atoms with van der Waals surface area (Å²) < 4.78 is 5.49. The number of hydrogen-bond donors (Lipinski definition) is 4. The summed E-state index contributed by atoms with van der Waals surface area (Å²) >= 11 is 12.0. The molecule has 1 aromatic carbocycles.